The second-order valence-corrected chi connectivity index (χ2v) is 9.52. The van der Waals surface area contributed by atoms with Gasteiger partial charge in [0.25, 0.3) is 17.5 Å². The van der Waals surface area contributed by atoms with Crippen LogP contribution in [0.1, 0.15) is 20.7 Å². The molecular weight excluding hydrogens is 476 g/mol. The van der Waals surface area contributed by atoms with Crippen molar-refractivity contribution in [2.45, 2.75) is 4.34 Å². The topological polar surface area (TPSA) is 123 Å². The van der Waals surface area contributed by atoms with Crippen molar-refractivity contribution in [1.82, 2.24) is 4.98 Å². The van der Waals surface area contributed by atoms with Crippen LogP contribution in [0.3, 0.4) is 0 Å². The molecule has 0 aliphatic carbocycles. The molecule has 1 N–H and O–H groups in total. The summed E-state index contributed by atoms with van der Waals surface area (Å²) in [5.41, 5.74) is 1.62. The van der Waals surface area contributed by atoms with E-state index in [0.29, 0.717) is 21.2 Å². The van der Waals surface area contributed by atoms with E-state index in [1.807, 2.05) is 18.2 Å². The van der Waals surface area contributed by atoms with E-state index in [-0.39, 0.29) is 28.5 Å². The number of anilines is 2. The van der Waals surface area contributed by atoms with Crippen LogP contribution >= 0.6 is 23.1 Å². The largest absolute Gasteiger partial charge is 0.325 e. The molecule has 3 aromatic carbocycles. The molecule has 9 nitrogen and oxygen atoms in total. The summed E-state index contributed by atoms with van der Waals surface area (Å²) in [6.07, 6.45) is 0. The lowest BCUT2D eigenvalue weighted by molar-refractivity contribution is -0.384. The third-order valence-electron chi connectivity index (χ3n) is 5.08. The van der Waals surface area contributed by atoms with Crippen molar-refractivity contribution < 1.29 is 19.3 Å². The number of benzene rings is 3. The number of fused-ring (bicyclic) bond motifs is 2. The molecule has 0 bridgehead atoms. The Morgan fingerprint density at radius 2 is 1.79 bits per heavy atom. The molecule has 0 unspecified atom stereocenters. The third kappa shape index (κ3) is 4.02. The first-order valence-electron chi connectivity index (χ1n) is 9.96. The van der Waals surface area contributed by atoms with Crippen LogP contribution in [0.4, 0.5) is 17.1 Å². The first-order chi connectivity index (χ1) is 16.4. The molecular formula is C23H14N4O5S2. The fourth-order valence-electron chi connectivity index (χ4n) is 3.52. The Kier molecular flexibility index (Phi) is 5.56. The second kappa shape index (κ2) is 8.69. The predicted molar refractivity (Wildman–Crippen MR) is 130 cm³/mol. The van der Waals surface area contributed by atoms with Crippen LogP contribution in [0, 0.1) is 10.1 Å². The average Bonchev–Trinajstić information content (AvgIpc) is 3.35. The number of nitrogens with one attached hydrogen (secondary N) is 1. The molecule has 11 heteroatoms. The second-order valence-electron chi connectivity index (χ2n) is 7.27. The molecule has 0 fully saturated rings. The van der Waals surface area contributed by atoms with Gasteiger partial charge in [0, 0.05) is 17.8 Å². The Bertz CT molecular complexity index is 1490. The van der Waals surface area contributed by atoms with Gasteiger partial charge in [-0.2, -0.15) is 0 Å². The molecule has 34 heavy (non-hydrogen) atoms. The molecule has 1 aliphatic rings. The van der Waals surface area contributed by atoms with Gasteiger partial charge in [-0.1, -0.05) is 30.0 Å². The van der Waals surface area contributed by atoms with Crippen molar-refractivity contribution in [3.8, 4) is 0 Å². The van der Waals surface area contributed by atoms with Gasteiger partial charge in [-0.15, -0.1) is 11.3 Å². The highest BCUT2D eigenvalue weighted by Crippen LogP contribution is 2.35. The number of carbonyl (C=O) groups is 3. The van der Waals surface area contributed by atoms with Crippen molar-refractivity contribution >= 4 is 68.1 Å². The van der Waals surface area contributed by atoms with E-state index >= 15 is 0 Å². The number of para-hydroxylation sites is 1. The molecule has 0 saturated carbocycles. The van der Waals surface area contributed by atoms with Gasteiger partial charge in [0.15, 0.2) is 4.34 Å². The summed E-state index contributed by atoms with van der Waals surface area (Å²) < 4.78 is 1.42. The lowest BCUT2D eigenvalue weighted by Crippen LogP contribution is -2.29. The Morgan fingerprint density at radius 1 is 1.03 bits per heavy atom. The zero-order chi connectivity index (χ0) is 23.8. The third-order valence-corrected chi connectivity index (χ3v) is 7.24. The zero-order valence-corrected chi connectivity index (χ0v) is 18.9. The van der Waals surface area contributed by atoms with Gasteiger partial charge < -0.3 is 5.32 Å². The van der Waals surface area contributed by atoms with Crippen LogP contribution in [-0.4, -0.2) is 33.4 Å². The number of non-ortho nitro benzene ring substituents is 1. The van der Waals surface area contributed by atoms with Crippen molar-refractivity contribution in [2.24, 2.45) is 0 Å². The van der Waals surface area contributed by atoms with Gasteiger partial charge in [0.05, 0.1) is 37.7 Å². The number of hydrogen-bond donors (Lipinski definition) is 1. The number of aromatic nitrogens is 1. The standard InChI is InChI=1S/C23H14N4O5S2/c28-20(24-13-4-2-1-3-5-13)12-33-23-25-18-9-7-14(11-19(18)34-23)26-21(29)16-8-6-15(27(31)32)10-17(16)22(26)30/h1-11H,12H2,(H,24,28). The van der Waals surface area contributed by atoms with Crippen LogP contribution in [0.25, 0.3) is 10.2 Å². The molecule has 1 aromatic heterocycles. The Morgan fingerprint density at radius 3 is 2.56 bits per heavy atom. The van der Waals surface area contributed by atoms with E-state index in [1.165, 1.54) is 35.2 Å². The summed E-state index contributed by atoms with van der Waals surface area (Å²) in [5.74, 6) is -1.12. The summed E-state index contributed by atoms with van der Waals surface area (Å²) in [6.45, 7) is 0. The van der Waals surface area contributed by atoms with E-state index in [1.54, 1.807) is 30.3 Å². The SMILES string of the molecule is O=C(CSc1nc2ccc(N3C(=O)c4ccc([N+](=O)[O-])cc4C3=O)cc2s1)Nc1ccccc1. The first-order valence-corrected chi connectivity index (χ1v) is 11.8. The molecule has 0 spiro atoms. The summed E-state index contributed by atoms with van der Waals surface area (Å²) >= 11 is 2.64. The number of thiazole rings is 1. The van der Waals surface area contributed by atoms with E-state index in [4.69, 9.17) is 0 Å². The van der Waals surface area contributed by atoms with Crippen molar-refractivity contribution in [3.05, 3.63) is 88.0 Å². The molecule has 0 atom stereocenters. The number of hydrogen-bond acceptors (Lipinski definition) is 8. The highest BCUT2D eigenvalue weighted by Gasteiger charge is 2.38. The molecule has 2 heterocycles. The first kappa shape index (κ1) is 21.7. The van der Waals surface area contributed by atoms with Gasteiger partial charge in [0.2, 0.25) is 5.91 Å². The van der Waals surface area contributed by atoms with E-state index < -0.39 is 16.7 Å². The van der Waals surface area contributed by atoms with Crippen LogP contribution in [-0.2, 0) is 4.79 Å². The highest BCUT2D eigenvalue weighted by molar-refractivity contribution is 8.01. The average molecular weight is 491 g/mol. The van der Waals surface area contributed by atoms with Crippen molar-refractivity contribution in [3.63, 3.8) is 0 Å². The number of amides is 3. The maximum Gasteiger partial charge on any atom is 0.270 e. The van der Waals surface area contributed by atoms with E-state index in [9.17, 15) is 24.5 Å². The Balaban J connectivity index is 1.34. The molecule has 168 valence electrons. The zero-order valence-electron chi connectivity index (χ0n) is 17.3. The summed E-state index contributed by atoms with van der Waals surface area (Å²) in [7, 11) is 0. The molecule has 4 aromatic rings. The quantitative estimate of drug-likeness (QED) is 0.179. The number of nitro benzene ring substituents is 1. The van der Waals surface area contributed by atoms with Gasteiger partial charge in [0.1, 0.15) is 0 Å². The monoisotopic (exact) mass is 490 g/mol. The molecule has 0 saturated heterocycles. The Labute approximate surface area is 200 Å². The maximum atomic E-state index is 12.9. The van der Waals surface area contributed by atoms with Crippen LogP contribution in [0.5, 0.6) is 0 Å². The predicted octanol–water partition coefficient (Wildman–Crippen LogP) is 4.74. The minimum Gasteiger partial charge on any atom is -0.325 e. The number of nitro groups is 1. The molecule has 1 aliphatic heterocycles. The fourth-order valence-corrected chi connectivity index (χ4v) is 5.42. The molecule has 3 amide bonds. The van der Waals surface area contributed by atoms with E-state index in [0.717, 1.165) is 15.7 Å². The smallest absolute Gasteiger partial charge is 0.270 e. The van der Waals surface area contributed by atoms with Crippen LogP contribution < -0.4 is 10.2 Å². The maximum absolute atomic E-state index is 12.9. The van der Waals surface area contributed by atoms with E-state index in [2.05, 4.69) is 10.3 Å². The number of rotatable bonds is 6. The number of nitrogens with zero attached hydrogens (tertiary/aromatic N) is 3. The van der Waals surface area contributed by atoms with Gasteiger partial charge in [-0.3, -0.25) is 24.5 Å². The highest BCUT2D eigenvalue weighted by atomic mass is 32.2. The summed E-state index contributed by atoms with van der Waals surface area (Å²) in [4.78, 5) is 53.8. The van der Waals surface area contributed by atoms with Gasteiger partial charge in [-0.25, -0.2) is 9.88 Å². The molecule has 0 radical (unpaired) electrons. The molecule has 5 rings (SSSR count). The van der Waals surface area contributed by atoms with Crippen LogP contribution in [0.2, 0.25) is 0 Å². The minimum atomic E-state index is -0.611. The van der Waals surface area contributed by atoms with Crippen LogP contribution in [0.15, 0.2) is 71.1 Å². The van der Waals surface area contributed by atoms with Crippen molar-refractivity contribution in [1.29, 1.82) is 0 Å². The number of thioether (sulfide) groups is 1. The van der Waals surface area contributed by atoms with Gasteiger partial charge >= 0.3 is 0 Å². The minimum absolute atomic E-state index is 0.00396. The summed E-state index contributed by atoms with van der Waals surface area (Å²) in [6, 6.07) is 17.8. The fraction of sp³-hybridized carbons (Fsp3) is 0.0435. The van der Waals surface area contributed by atoms with Crippen molar-refractivity contribution in [2.75, 3.05) is 16.0 Å². The van der Waals surface area contributed by atoms with Gasteiger partial charge in [-0.05, 0) is 36.4 Å². The number of carbonyl (C=O) groups excluding carboxylic acids is 3. The lowest BCUT2D eigenvalue weighted by atomic mass is 10.1. The Hall–Kier alpha value is -4.09. The number of imide groups is 1. The lowest BCUT2D eigenvalue weighted by Gasteiger charge is -2.13. The summed E-state index contributed by atoms with van der Waals surface area (Å²) in [5, 5.41) is 13.9. The normalized spacial score (nSPS) is 12.8.